The second-order valence-electron chi connectivity index (χ2n) is 2.67. The molecule has 0 aliphatic heterocycles. The Labute approximate surface area is 87.1 Å². The molecule has 2 N–H and O–H groups in total. The minimum Gasteiger partial charge on any atom is -0.394 e. The Morgan fingerprint density at radius 2 is 2.29 bits per heavy atom. The van der Waals surface area contributed by atoms with E-state index in [0.717, 1.165) is 0 Å². The molecule has 1 aromatic rings. The zero-order valence-corrected chi connectivity index (χ0v) is 8.53. The van der Waals surface area contributed by atoms with Crippen LogP contribution < -0.4 is 5.32 Å². The van der Waals surface area contributed by atoms with Crippen molar-refractivity contribution < 1.29 is 9.84 Å². The number of aliphatic hydroxyl groups excluding tert-OH is 1. The summed E-state index contributed by atoms with van der Waals surface area (Å²) in [5.41, 5.74) is 0. The molecule has 0 spiro atoms. The van der Waals surface area contributed by atoms with Gasteiger partial charge in [-0.1, -0.05) is 11.6 Å². The molecule has 1 atom stereocenters. The van der Waals surface area contributed by atoms with Crippen LogP contribution in [0.5, 0.6) is 0 Å². The number of methoxy groups -OCH3 is 1. The maximum absolute atomic E-state index is 8.98. The summed E-state index contributed by atoms with van der Waals surface area (Å²) in [7, 11) is 1.56. The molecular weight excluding hydrogens is 206 g/mol. The number of aliphatic hydroxyl groups is 1. The molecule has 0 aliphatic carbocycles. The van der Waals surface area contributed by atoms with Crippen LogP contribution in [-0.2, 0) is 4.74 Å². The molecule has 0 amide bonds. The third-order valence-electron chi connectivity index (χ3n) is 1.58. The van der Waals surface area contributed by atoms with Gasteiger partial charge in [0.1, 0.15) is 0 Å². The molecule has 1 unspecified atom stereocenters. The van der Waals surface area contributed by atoms with Crippen molar-refractivity contribution in [3.8, 4) is 0 Å². The maximum atomic E-state index is 8.98. The van der Waals surface area contributed by atoms with Gasteiger partial charge >= 0.3 is 0 Å². The highest BCUT2D eigenvalue weighted by molar-refractivity contribution is 6.31. The Morgan fingerprint density at radius 3 is 2.86 bits per heavy atom. The van der Waals surface area contributed by atoms with Gasteiger partial charge in [0.05, 0.1) is 19.3 Å². The van der Waals surface area contributed by atoms with Crippen LogP contribution in [0.1, 0.15) is 0 Å². The molecule has 14 heavy (non-hydrogen) atoms. The SMILES string of the molecule is COCC(CO)Nc1nccnc1Cl. The minimum atomic E-state index is -0.228. The van der Waals surface area contributed by atoms with E-state index in [-0.39, 0.29) is 17.8 Å². The average molecular weight is 218 g/mol. The van der Waals surface area contributed by atoms with E-state index >= 15 is 0 Å². The number of nitrogens with one attached hydrogen (secondary N) is 1. The number of rotatable bonds is 5. The molecule has 0 saturated heterocycles. The molecule has 1 rings (SSSR count). The Hall–Kier alpha value is -0.910. The molecule has 5 nitrogen and oxygen atoms in total. The minimum absolute atomic E-state index is 0.0548. The van der Waals surface area contributed by atoms with E-state index in [4.69, 9.17) is 21.4 Å². The zero-order valence-electron chi connectivity index (χ0n) is 7.77. The predicted octanol–water partition coefficient (Wildman–Crippen LogP) is 0.549. The Balaban J connectivity index is 2.62. The second kappa shape index (κ2) is 5.74. The molecular formula is C8H12ClN3O2. The second-order valence-corrected chi connectivity index (χ2v) is 3.03. The third-order valence-corrected chi connectivity index (χ3v) is 1.86. The lowest BCUT2D eigenvalue weighted by Crippen LogP contribution is -2.29. The van der Waals surface area contributed by atoms with E-state index in [0.29, 0.717) is 12.4 Å². The largest absolute Gasteiger partial charge is 0.394 e. The molecule has 1 heterocycles. The van der Waals surface area contributed by atoms with Gasteiger partial charge in [-0.2, -0.15) is 0 Å². The number of anilines is 1. The number of hydrogen-bond donors (Lipinski definition) is 2. The molecule has 0 radical (unpaired) electrons. The summed E-state index contributed by atoms with van der Waals surface area (Å²) in [6.07, 6.45) is 3.02. The van der Waals surface area contributed by atoms with E-state index in [9.17, 15) is 0 Å². The van der Waals surface area contributed by atoms with Gasteiger partial charge in [0.25, 0.3) is 0 Å². The standard InChI is InChI=1S/C8H12ClN3O2/c1-14-5-6(4-13)12-8-7(9)10-2-3-11-8/h2-3,6,13H,4-5H2,1H3,(H,11,12). The first-order valence-electron chi connectivity index (χ1n) is 4.10. The fraction of sp³-hybridized carbons (Fsp3) is 0.500. The molecule has 78 valence electrons. The van der Waals surface area contributed by atoms with E-state index in [1.54, 1.807) is 7.11 Å². The van der Waals surface area contributed by atoms with Crippen molar-refractivity contribution in [2.45, 2.75) is 6.04 Å². The van der Waals surface area contributed by atoms with Crippen molar-refractivity contribution in [3.63, 3.8) is 0 Å². The van der Waals surface area contributed by atoms with Gasteiger partial charge in [-0.25, -0.2) is 9.97 Å². The van der Waals surface area contributed by atoms with Crippen LogP contribution in [0.15, 0.2) is 12.4 Å². The van der Waals surface area contributed by atoms with Gasteiger partial charge in [0, 0.05) is 19.5 Å². The normalized spacial score (nSPS) is 12.5. The summed E-state index contributed by atoms with van der Waals surface area (Å²) in [4.78, 5) is 7.82. The Bertz CT molecular complexity index is 285. The maximum Gasteiger partial charge on any atom is 0.171 e. The fourth-order valence-electron chi connectivity index (χ4n) is 0.952. The highest BCUT2D eigenvalue weighted by atomic mass is 35.5. The van der Waals surface area contributed by atoms with Gasteiger partial charge in [0.15, 0.2) is 11.0 Å². The lowest BCUT2D eigenvalue weighted by molar-refractivity contribution is 0.153. The summed E-state index contributed by atoms with van der Waals surface area (Å²) in [6, 6.07) is -0.228. The number of halogens is 1. The van der Waals surface area contributed by atoms with Crippen LogP contribution in [0.25, 0.3) is 0 Å². The van der Waals surface area contributed by atoms with Crippen molar-refractivity contribution in [3.05, 3.63) is 17.5 Å². The summed E-state index contributed by atoms with van der Waals surface area (Å²) in [5.74, 6) is 0.449. The molecule has 0 aromatic carbocycles. The monoisotopic (exact) mass is 217 g/mol. The summed E-state index contributed by atoms with van der Waals surface area (Å²) in [6.45, 7) is 0.324. The van der Waals surface area contributed by atoms with Crippen LogP contribution in [0.4, 0.5) is 5.82 Å². The van der Waals surface area contributed by atoms with Gasteiger partial charge in [-0.3, -0.25) is 0 Å². The number of hydrogen-bond acceptors (Lipinski definition) is 5. The Kier molecular flexibility index (Phi) is 4.58. The Morgan fingerprint density at radius 1 is 1.57 bits per heavy atom. The van der Waals surface area contributed by atoms with Gasteiger partial charge in [-0.15, -0.1) is 0 Å². The average Bonchev–Trinajstić information content (AvgIpc) is 2.20. The van der Waals surface area contributed by atoms with E-state index < -0.39 is 0 Å². The van der Waals surface area contributed by atoms with Gasteiger partial charge in [0.2, 0.25) is 0 Å². The molecule has 0 saturated carbocycles. The molecule has 0 aliphatic rings. The first-order valence-corrected chi connectivity index (χ1v) is 4.48. The molecule has 0 bridgehead atoms. The van der Waals surface area contributed by atoms with Crippen LogP contribution >= 0.6 is 11.6 Å². The quantitative estimate of drug-likeness (QED) is 0.754. The van der Waals surface area contributed by atoms with Crippen LogP contribution in [0, 0.1) is 0 Å². The van der Waals surface area contributed by atoms with Crippen LogP contribution in [0.2, 0.25) is 5.15 Å². The van der Waals surface area contributed by atoms with E-state index in [1.165, 1.54) is 12.4 Å². The third kappa shape index (κ3) is 3.10. The van der Waals surface area contributed by atoms with Crippen molar-refractivity contribution in [2.75, 3.05) is 25.6 Å². The highest BCUT2D eigenvalue weighted by Gasteiger charge is 2.09. The summed E-state index contributed by atoms with van der Waals surface area (Å²) in [5, 5.41) is 12.2. The zero-order chi connectivity index (χ0) is 10.4. The van der Waals surface area contributed by atoms with Crippen LogP contribution in [-0.4, -0.2) is 41.4 Å². The van der Waals surface area contributed by atoms with E-state index in [2.05, 4.69) is 15.3 Å². The summed E-state index contributed by atoms with van der Waals surface area (Å²) >= 11 is 5.77. The number of ether oxygens (including phenoxy) is 1. The molecule has 1 aromatic heterocycles. The highest BCUT2D eigenvalue weighted by Crippen LogP contribution is 2.14. The lowest BCUT2D eigenvalue weighted by atomic mass is 10.3. The van der Waals surface area contributed by atoms with Gasteiger partial charge < -0.3 is 15.2 Å². The smallest absolute Gasteiger partial charge is 0.171 e. The van der Waals surface area contributed by atoms with Gasteiger partial charge in [-0.05, 0) is 0 Å². The first kappa shape index (κ1) is 11.2. The lowest BCUT2D eigenvalue weighted by Gasteiger charge is -2.15. The number of aromatic nitrogens is 2. The van der Waals surface area contributed by atoms with Crippen molar-refractivity contribution >= 4 is 17.4 Å². The van der Waals surface area contributed by atoms with Crippen molar-refractivity contribution in [2.24, 2.45) is 0 Å². The topological polar surface area (TPSA) is 67.3 Å². The summed E-state index contributed by atoms with van der Waals surface area (Å²) < 4.78 is 4.89. The molecule has 0 fully saturated rings. The van der Waals surface area contributed by atoms with E-state index in [1.807, 2.05) is 0 Å². The first-order chi connectivity index (χ1) is 6.77. The number of nitrogens with zero attached hydrogens (tertiary/aromatic N) is 2. The van der Waals surface area contributed by atoms with Crippen molar-refractivity contribution in [1.29, 1.82) is 0 Å². The predicted molar refractivity (Wildman–Crippen MR) is 53.4 cm³/mol. The fourth-order valence-corrected chi connectivity index (χ4v) is 1.11. The van der Waals surface area contributed by atoms with Crippen LogP contribution in [0.3, 0.4) is 0 Å². The molecule has 6 heteroatoms. The van der Waals surface area contributed by atoms with Crippen molar-refractivity contribution in [1.82, 2.24) is 9.97 Å².